The van der Waals surface area contributed by atoms with Crippen molar-refractivity contribution in [2.75, 3.05) is 72.9 Å². The van der Waals surface area contributed by atoms with Crippen LogP contribution >= 0.6 is 11.9 Å². The van der Waals surface area contributed by atoms with E-state index in [1.54, 1.807) is 6.20 Å². The summed E-state index contributed by atoms with van der Waals surface area (Å²) in [4.78, 5) is 29.0. The van der Waals surface area contributed by atoms with Crippen molar-refractivity contribution in [1.29, 1.82) is 0 Å². The second-order valence-corrected chi connectivity index (χ2v) is 9.26. The number of hydrogen-bond acceptors (Lipinski definition) is 9. The molecule has 2 aromatic carbocycles. The number of nitrogens with one attached hydrogen (secondary N) is 2. The average Bonchev–Trinajstić information content (AvgIpc) is 2.94. The smallest absolute Gasteiger partial charge is 0.321 e. The lowest BCUT2D eigenvalue weighted by Crippen LogP contribution is -2.50. The molecule has 3 heterocycles. The summed E-state index contributed by atoms with van der Waals surface area (Å²) in [5, 5.41) is 11.8. The fourth-order valence-electron chi connectivity index (χ4n) is 4.25. The van der Waals surface area contributed by atoms with E-state index in [1.807, 2.05) is 47.4 Å². The van der Waals surface area contributed by atoms with E-state index in [9.17, 15) is 4.79 Å². The van der Waals surface area contributed by atoms with Crippen LogP contribution in [0.25, 0.3) is 0 Å². The van der Waals surface area contributed by atoms with E-state index >= 15 is 0 Å². The van der Waals surface area contributed by atoms with Gasteiger partial charge in [-0.3, -0.25) is 5.14 Å². The van der Waals surface area contributed by atoms with E-state index in [0.29, 0.717) is 32.1 Å². The summed E-state index contributed by atoms with van der Waals surface area (Å²) in [6.07, 6.45) is 1.76. The fourth-order valence-corrected chi connectivity index (χ4v) is 4.54. The van der Waals surface area contributed by atoms with Crippen molar-refractivity contribution in [2.45, 2.75) is 4.90 Å². The third-order valence-electron chi connectivity index (χ3n) is 6.27. The number of carbonyl (C=O) groups excluding carboxylic acids is 1. The van der Waals surface area contributed by atoms with Crippen LogP contribution in [0, 0.1) is 0 Å². The number of piperazine rings is 1. The molecule has 11 heteroatoms. The van der Waals surface area contributed by atoms with Gasteiger partial charge in [-0.2, -0.15) is 4.98 Å². The Labute approximate surface area is 215 Å². The molecule has 0 radical (unpaired) electrons. The molecule has 0 bridgehead atoms. The van der Waals surface area contributed by atoms with Crippen molar-refractivity contribution in [3.05, 3.63) is 60.8 Å². The van der Waals surface area contributed by atoms with Crippen molar-refractivity contribution in [3.63, 3.8) is 0 Å². The maximum absolute atomic E-state index is 12.7. The molecule has 10 nitrogen and oxygen atoms in total. The van der Waals surface area contributed by atoms with Gasteiger partial charge in [-0.15, -0.1) is 0 Å². The molecular weight excluding hydrogens is 476 g/mol. The van der Waals surface area contributed by atoms with Crippen molar-refractivity contribution in [3.8, 4) is 0 Å². The van der Waals surface area contributed by atoms with E-state index in [2.05, 4.69) is 37.6 Å². The summed E-state index contributed by atoms with van der Waals surface area (Å²) in [5.41, 5.74) is 2.88. The largest absolute Gasteiger partial charge is 0.378 e. The van der Waals surface area contributed by atoms with Crippen molar-refractivity contribution < 1.29 is 9.53 Å². The molecule has 5 rings (SSSR count). The van der Waals surface area contributed by atoms with Gasteiger partial charge in [-0.25, -0.2) is 9.78 Å². The molecule has 36 heavy (non-hydrogen) atoms. The SMILES string of the molecule is NSc1ccc(NC(=O)N2CCN(c3ccnc(Nc4ccc(N5CCOCC5)cc4)n3)CC2)cc1. The normalized spacial score (nSPS) is 16.1. The Kier molecular flexibility index (Phi) is 7.70. The lowest BCUT2D eigenvalue weighted by molar-refractivity contribution is 0.122. The van der Waals surface area contributed by atoms with Crippen LogP contribution in [0.3, 0.4) is 0 Å². The van der Waals surface area contributed by atoms with Crippen LogP contribution < -0.4 is 25.6 Å². The van der Waals surface area contributed by atoms with Crippen LogP contribution in [0.5, 0.6) is 0 Å². The third kappa shape index (κ3) is 5.99. The molecule has 2 amide bonds. The number of ether oxygens (including phenoxy) is 1. The molecule has 2 aliphatic heterocycles. The molecular formula is C25H30N8O2S. The first kappa shape index (κ1) is 24.2. The summed E-state index contributed by atoms with van der Waals surface area (Å²) in [5.74, 6) is 1.39. The second-order valence-electron chi connectivity index (χ2n) is 8.56. The number of aromatic nitrogens is 2. The Balaban J connectivity index is 1.14. The number of nitrogens with zero attached hydrogens (tertiary/aromatic N) is 5. The van der Waals surface area contributed by atoms with Gasteiger partial charge < -0.3 is 30.1 Å². The number of nitrogens with two attached hydrogens (primary N) is 1. The van der Waals surface area contributed by atoms with Gasteiger partial charge >= 0.3 is 6.03 Å². The van der Waals surface area contributed by atoms with E-state index in [-0.39, 0.29) is 6.03 Å². The maximum Gasteiger partial charge on any atom is 0.321 e. The Hall–Kier alpha value is -3.54. The molecule has 0 aliphatic carbocycles. The first-order valence-electron chi connectivity index (χ1n) is 12.0. The number of urea groups is 1. The molecule has 2 fully saturated rings. The summed E-state index contributed by atoms with van der Waals surface area (Å²) >= 11 is 1.18. The van der Waals surface area contributed by atoms with Gasteiger partial charge in [0.1, 0.15) is 5.82 Å². The molecule has 2 saturated heterocycles. The minimum absolute atomic E-state index is 0.103. The molecule has 188 valence electrons. The Morgan fingerprint density at radius 3 is 2.25 bits per heavy atom. The topological polar surface area (TPSA) is 112 Å². The van der Waals surface area contributed by atoms with Gasteiger partial charge in [0.05, 0.1) is 13.2 Å². The Morgan fingerprint density at radius 2 is 1.56 bits per heavy atom. The first-order chi connectivity index (χ1) is 17.7. The van der Waals surface area contributed by atoms with Crippen LogP contribution in [-0.4, -0.2) is 73.4 Å². The number of rotatable bonds is 6. The first-order valence-corrected chi connectivity index (χ1v) is 12.9. The fraction of sp³-hybridized carbons (Fsp3) is 0.320. The number of benzene rings is 2. The predicted molar refractivity (Wildman–Crippen MR) is 144 cm³/mol. The number of hydrogen-bond donors (Lipinski definition) is 3. The van der Waals surface area contributed by atoms with E-state index in [1.165, 1.54) is 17.6 Å². The van der Waals surface area contributed by atoms with Gasteiger partial charge in [0.2, 0.25) is 5.95 Å². The van der Waals surface area contributed by atoms with Gasteiger partial charge in [-0.1, -0.05) is 0 Å². The summed E-state index contributed by atoms with van der Waals surface area (Å²) in [6.45, 7) is 5.96. The maximum atomic E-state index is 12.7. The summed E-state index contributed by atoms with van der Waals surface area (Å²) < 4.78 is 5.43. The van der Waals surface area contributed by atoms with Gasteiger partial charge in [-0.05, 0) is 66.5 Å². The van der Waals surface area contributed by atoms with Crippen molar-refractivity contribution in [2.24, 2.45) is 5.14 Å². The van der Waals surface area contributed by atoms with Crippen LogP contribution in [0.4, 0.5) is 33.6 Å². The lowest BCUT2D eigenvalue weighted by atomic mass is 10.2. The number of morpholine rings is 1. The predicted octanol–water partition coefficient (Wildman–Crippen LogP) is 3.38. The van der Waals surface area contributed by atoms with Crippen LogP contribution in [0.15, 0.2) is 65.7 Å². The summed E-state index contributed by atoms with van der Waals surface area (Å²) in [7, 11) is 0. The van der Waals surface area contributed by atoms with Crippen LogP contribution in [0.1, 0.15) is 0 Å². The molecule has 3 aromatic rings. The number of carbonyl (C=O) groups is 1. The van der Waals surface area contributed by atoms with Gasteiger partial charge in [0.25, 0.3) is 0 Å². The van der Waals surface area contributed by atoms with Crippen LogP contribution in [-0.2, 0) is 4.74 Å². The standard InChI is InChI=1S/C25H30N8O2S/c26-36-22-7-3-20(4-8-22)29-25(34)33-13-11-32(12-14-33)23-9-10-27-24(30-23)28-19-1-5-21(6-2-19)31-15-17-35-18-16-31/h1-10H,11-18,26H2,(H,29,34)(H,27,28,30). The summed E-state index contributed by atoms with van der Waals surface area (Å²) in [6, 6.07) is 17.6. The van der Waals surface area contributed by atoms with Crippen molar-refractivity contribution >= 4 is 46.8 Å². The minimum atomic E-state index is -0.103. The zero-order valence-electron chi connectivity index (χ0n) is 20.0. The lowest BCUT2D eigenvalue weighted by Gasteiger charge is -2.35. The molecule has 0 saturated carbocycles. The van der Waals surface area contributed by atoms with Crippen LogP contribution in [0.2, 0.25) is 0 Å². The highest BCUT2D eigenvalue weighted by atomic mass is 32.2. The molecule has 0 unspecified atom stereocenters. The monoisotopic (exact) mass is 506 g/mol. The molecule has 1 aromatic heterocycles. The zero-order chi connectivity index (χ0) is 24.7. The minimum Gasteiger partial charge on any atom is -0.378 e. The molecule has 0 spiro atoms. The van der Waals surface area contributed by atoms with Crippen molar-refractivity contribution in [1.82, 2.24) is 14.9 Å². The number of anilines is 5. The molecule has 0 atom stereocenters. The quantitative estimate of drug-likeness (QED) is 0.433. The van der Waals surface area contributed by atoms with E-state index in [4.69, 9.17) is 14.9 Å². The highest BCUT2D eigenvalue weighted by molar-refractivity contribution is 7.97. The van der Waals surface area contributed by atoms with E-state index < -0.39 is 0 Å². The highest BCUT2D eigenvalue weighted by Gasteiger charge is 2.22. The van der Waals surface area contributed by atoms with E-state index in [0.717, 1.165) is 48.4 Å². The van der Waals surface area contributed by atoms with Gasteiger partial charge in [0, 0.05) is 67.4 Å². The average molecular weight is 507 g/mol. The number of amides is 2. The Morgan fingerprint density at radius 1 is 0.861 bits per heavy atom. The Bertz CT molecular complexity index is 1150. The zero-order valence-corrected chi connectivity index (χ0v) is 20.8. The highest BCUT2D eigenvalue weighted by Crippen LogP contribution is 2.22. The third-order valence-corrected chi connectivity index (χ3v) is 6.82. The van der Waals surface area contributed by atoms with Gasteiger partial charge in [0.15, 0.2) is 0 Å². The molecule has 2 aliphatic rings. The molecule has 4 N–H and O–H groups in total. The second kappa shape index (κ2) is 11.5.